The molecule has 3 rings (SSSR count). The fourth-order valence-corrected chi connectivity index (χ4v) is 3.67. The van der Waals surface area contributed by atoms with Crippen LogP contribution in [0.15, 0.2) is 48.5 Å². The van der Waals surface area contributed by atoms with E-state index in [9.17, 15) is 9.59 Å². The standard InChI is InChI=1S/C22H22Cl2N2O2/c23-17-11-9-16(19(24)15-17)10-12-21(27)25-20-8-4-3-7-18(20)22(28)26-13-5-1-2-6-14-26/h3-4,7-12,15H,1-2,5-6,13-14H2,(H,25,27)/b12-10+. The Kier molecular flexibility index (Phi) is 7.12. The third kappa shape index (κ3) is 5.37. The Morgan fingerprint density at radius 2 is 1.68 bits per heavy atom. The fraction of sp³-hybridized carbons (Fsp3) is 0.273. The molecule has 6 heteroatoms. The molecule has 0 bridgehead atoms. The van der Waals surface area contributed by atoms with Gasteiger partial charge in [0.1, 0.15) is 0 Å². The van der Waals surface area contributed by atoms with E-state index in [0.29, 0.717) is 26.9 Å². The third-order valence-electron chi connectivity index (χ3n) is 4.69. The van der Waals surface area contributed by atoms with Crippen LogP contribution < -0.4 is 5.32 Å². The molecular formula is C22H22Cl2N2O2. The second-order valence-corrected chi connectivity index (χ2v) is 7.58. The molecule has 1 N–H and O–H groups in total. The Morgan fingerprint density at radius 3 is 2.39 bits per heavy atom. The number of carbonyl (C=O) groups is 2. The number of carbonyl (C=O) groups excluding carboxylic acids is 2. The van der Waals surface area contributed by atoms with Gasteiger partial charge in [0, 0.05) is 29.2 Å². The Bertz CT molecular complexity index is 888. The minimum atomic E-state index is -0.331. The molecule has 1 aliphatic rings. The maximum absolute atomic E-state index is 12.9. The van der Waals surface area contributed by atoms with Crippen LogP contribution in [0.25, 0.3) is 6.08 Å². The van der Waals surface area contributed by atoms with Crippen LogP contribution in [-0.2, 0) is 4.79 Å². The SMILES string of the molecule is O=C(/C=C/c1ccc(Cl)cc1Cl)Nc1ccccc1C(=O)N1CCCCCC1. The van der Waals surface area contributed by atoms with Crippen LogP contribution in [0.4, 0.5) is 5.69 Å². The molecule has 0 radical (unpaired) electrons. The summed E-state index contributed by atoms with van der Waals surface area (Å²) < 4.78 is 0. The number of para-hydroxylation sites is 1. The van der Waals surface area contributed by atoms with Gasteiger partial charge in [-0.2, -0.15) is 0 Å². The summed E-state index contributed by atoms with van der Waals surface area (Å²) in [6, 6.07) is 12.2. The zero-order chi connectivity index (χ0) is 19.9. The zero-order valence-corrected chi connectivity index (χ0v) is 17.0. The zero-order valence-electron chi connectivity index (χ0n) is 15.5. The molecule has 28 heavy (non-hydrogen) atoms. The first-order chi connectivity index (χ1) is 13.5. The molecule has 0 aliphatic carbocycles. The summed E-state index contributed by atoms with van der Waals surface area (Å²) in [4.78, 5) is 27.2. The molecule has 0 saturated carbocycles. The molecule has 2 aromatic rings. The van der Waals surface area contributed by atoms with Crippen molar-refractivity contribution in [2.24, 2.45) is 0 Å². The van der Waals surface area contributed by atoms with Crippen molar-refractivity contribution in [2.45, 2.75) is 25.7 Å². The van der Waals surface area contributed by atoms with E-state index in [1.54, 1.807) is 42.5 Å². The number of anilines is 1. The van der Waals surface area contributed by atoms with Crippen molar-refractivity contribution in [3.05, 3.63) is 69.7 Å². The number of nitrogens with zero attached hydrogens (tertiary/aromatic N) is 1. The molecule has 2 amide bonds. The summed E-state index contributed by atoms with van der Waals surface area (Å²) in [5.41, 5.74) is 1.71. The molecule has 0 unspecified atom stereocenters. The van der Waals surface area contributed by atoms with E-state index in [4.69, 9.17) is 23.2 Å². The van der Waals surface area contributed by atoms with Crippen molar-refractivity contribution in [1.29, 1.82) is 0 Å². The lowest BCUT2D eigenvalue weighted by Gasteiger charge is -2.21. The van der Waals surface area contributed by atoms with Crippen molar-refractivity contribution < 1.29 is 9.59 Å². The van der Waals surface area contributed by atoms with E-state index < -0.39 is 0 Å². The lowest BCUT2D eigenvalue weighted by molar-refractivity contribution is -0.111. The Hall–Kier alpha value is -2.30. The monoisotopic (exact) mass is 416 g/mol. The molecule has 1 aliphatic heterocycles. The van der Waals surface area contributed by atoms with Gasteiger partial charge in [-0.3, -0.25) is 9.59 Å². The summed E-state index contributed by atoms with van der Waals surface area (Å²) in [6.45, 7) is 1.52. The summed E-state index contributed by atoms with van der Waals surface area (Å²) in [5, 5.41) is 3.81. The number of amides is 2. The van der Waals surface area contributed by atoms with Gasteiger partial charge >= 0.3 is 0 Å². The largest absolute Gasteiger partial charge is 0.339 e. The van der Waals surface area contributed by atoms with Crippen LogP contribution in [0.1, 0.15) is 41.6 Å². The Balaban J connectivity index is 1.72. The Labute approximate surface area is 175 Å². The predicted molar refractivity (Wildman–Crippen MR) is 115 cm³/mol. The second kappa shape index (κ2) is 9.76. The molecule has 0 aromatic heterocycles. The average molecular weight is 417 g/mol. The maximum atomic E-state index is 12.9. The number of hydrogen-bond donors (Lipinski definition) is 1. The second-order valence-electron chi connectivity index (χ2n) is 6.74. The minimum absolute atomic E-state index is 0.0393. The van der Waals surface area contributed by atoms with Crippen molar-refractivity contribution in [3.63, 3.8) is 0 Å². The van der Waals surface area contributed by atoms with Crippen LogP contribution >= 0.6 is 23.2 Å². The quantitative estimate of drug-likeness (QED) is 0.653. The first-order valence-corrected chi connectivity index (χ1v) is 10.1. The molecule has 4 nitrogen and oxygen atoms in total. The molecule has 1 saturated heterocycles. The highest BCUT2D eigenvalue weighted by Crippen LogP contribution is 2.23. The summed E-state index contributed by atoms with van der Waals surface area (Å²) in [6.07, 6.45) is 7.35. The summed E-state index contributed by atoms with van der Waals surface area (Å²) >= 11 is 12.0. The molecular weight excluding hydrogens is 395 g/mol. The van der Waals surface area contributed by atoms with E-state index in [-0.39, 0.29) is 11.8 Å². The number of halogens is 2. The third-order valence-corrected chi connectivity index (χ3v) is 5.25. The average Bonchev–Trinajstić information content (AvgIpc) is 2.97. The molecule has 1 fully saturated rings. The van der Waals surface area contributed by atoms with Gasteiger partial charge in [0.2, 0.25) is 5.91 Å². The van der Waals surface area contributed by atoms with E-state index in [2.05, 4.69) is 5.32 Å². The van der Waals surface area contributed by atoms with Gasteiger partial charge in [-0.25, -0.2) is 0 Å². The highest BCUT2D eigenvalue weighted by Gasteiger charge is 2.20. The topological polar surface area (TPSA) is 49.4 Å². The van der Waals surface area contributed by atoms with Crippen LogP contribution in [0.3, 0.4) is 0 Å². The predicted octanol–water partition coefficient (Wildman–Crippen LogP) is 5.66. The maximum Gasteiger partial charge on any atom is 0.255 e. The first-order valence-electron chi connectivity index (χ1n) is 9.37. The highest BCUT2D eigenvalue weighted by atomic mass is 35.5. The lowest BCUT2D eigenvalue weighted by atomic mass is 10.1. The highest BCUT2D eigenvalue weighted by molar-refractivity contribution is 6.35. The normalized spacial score (nSPS) is 14.7. The van der Waals surface area contributed by atoms with Crippen molar-refractivity contribution >= 4 is 46.8 Å². The van der Waals surface area contributed by atoms with E-state index in [1.807, 2.05) is 11.0 Å². The minimum Gasteiger partial charge on any atom is -0.339 e. The molecule has 146 valence electrons. The number of nitrogens with one attached hydrogen (secondary N) is 1. The van der Waals surface area contributed by atoms with Crippen molar-refractivity contribution in [2.75, 3.05) is 18.4 Å². The van der Waals surface area contributed by atoms with Crippen LogP contribution in [-0.4, -0.2) is 29.8 Å². The number of benzene rings is 2. The van der Waals surface area contributed by atoms with E-state index >= 15 is 0 Å². The number of hydrogen-bond acceptors (Lipinski definition) is 2. The van der Waals surface area contributed by atoms with Gasteiger partial charge in [-0.15, -0.1) is 0 Å². The van der Waals surface area contributed by atoms with Crippen molar-refractivity contribution in [1.82, 2.24) is 4.90 Å². The van der Waals surface area contributed by atoms with Gasteiger partial charge in [0.25, 0.3) is 5.91 Å². The van der Waals surface area contributed by atoms with Crippen LogP contribution in [0.2, 0.25) is 10.0 Å². The van der Waals surface area contributed by atoms with Gasteiger partial charge in [0.05, 0.1) is 11.3 Å². The van der Waals surface area contributed by atoms with Gasteiger partial charge in [-0.1, -0.05) is 54.2 Å². The summed E-state index contributed by atoms with van der Waals surface area (Å²) in [7, 11) is 0. The van der Waals surface area contributed by atoms with E-state index in [1.165, 1.54) is 6.08 Å². The van der Waals surface area contributed by atoms with E-state index in [0.717, 1.165) is 38.8 Å². The van der Waals surface area contributed by atoms with Crippen LogP contribution in [0.5, 0.6) is 0 Å². The number of rotatable bonds is 4. The molecule has 1 heterocycles. The smallest absolute Gasteiger partial charge is 0.255 e. The lowest BCUT2D eigenvalue weighted by Crippen LogP contribution is -2.32. The summed E-state index contributed by atoms with van der Waals surface area (Å²) in [5.74, 6) is -0.371. The van der Waals surface area contributed by atoms with Gasteiger partial charge < -0.3 is 10.2 Å². The van der Waals surface area contributed by atoms with Crippen LogP contribution in [0, 0.1) is 0 Å². The molecule has 2 aromatic carbocycles. The Morgan fingerprint density at radius 1 is 0.964 bits per heavy atom. The fourth-order valence-electron chi connectivity index (χ4n) is 3.20. The first kappa shape index (κ1) is 20.4. The van der Waals surface area contributed by atoms with Crippen molar-refractivity contribution in [3.8, 4) is 0 Å². The molecule has 0 atom stereocenters. The number of likely N-dealkylation sites (tertiary alicyclic amines) is 1. The van der Waals surface area contributed by atoms with Gasteiger partial charge in [-0.05, 0) is 48.7 Å². The molecule has 0 spiro atoms. The van der Waals surface area contributed by atoms with Gasteiger partial charge in [0.15, 0.2) is 0 Å².